The summed E-state index contributed by atoms with van der Waals surface area (Å²) in [7, 11) is 0. The van der Waals surface area contributed by atoms with Crippen LogP contribution in [0.2, 0.25) is 0 Å². The molecule has 3 heteroatoms. The zero-order valence-electron chi connectivity index (χ0n) is 8.72. The van der Waals surface area contributed by atoms with E-state index >= 15 is 0 Å². The molecule has 0 bridgehead atoms. The Labute approximate surface area is 80.6 Å². The van der Waals surface area contributed by atoms with Gasteiger partial charge in [0.1, 0.15) is 12.5 Å². The van der Waals surface area contributed by atoms with Gasteiger partial charge in [-0.25, -0.2) is 4.99 Å². The first-order chi connectivity index (χ1) is 6.26. The molecule has 74 valence electrons. The lowest BCUT2D eigenvalue weighted by atomic mass is 10.2. The van der Waals surface area contributed by atoms with Crippen LogP contribution in [0.1, 0.15) is 20.8 Å². The average molecular weight is 181 g/mol. The highest BCUT2D eigenvalue weighted by Crippen LogP contribution is 1.93. The van der Waals surface area contributed by atoms with Crippen molar-refractivity contribution in [1.82, 2.24) is 10.6 Å². The smallest absolute Gasteiger partial charge is 0.125 e. The van der Waals surface area contributed by atoms with Crippen molar-refractivity contribution in [3.63, 3.8) is 0 Å². The van der Waals surface area contributed by atoms with E-state index in [2.05, 4.69) is 29.1 Å². The quantitative estimate of drug-likeness (QED) is 0.384. The van der Waals surface area contributed by atoms with Gasteiger partial charge in [-0.15, -0.1) is 0 Å². The van der Waals surface area contributed by atoms with Crippen molar-refractivity contribution in [3.8, 4) is 0 Å². The van der Waals surface area contributed by atoms with Crippen LogP contribution in [0.3, 0.4) is 0 Å². The molecule has 3 nitrogen and oxygen atoms in total. The summed E-state index contributed by atoms with van der Waals surface area (Å²) in [5.41, 5.74) is 1.16. The Bertz CT molecular complexity index is 204. The van der Waals surface area contributed by atoms with Crippen LogP contribution >= 0.6 is 0 Å². The average Bonchev–Trinajstić information content (AvgIpc) is 2.16. The van der Waals surface area contributed by atoms with Crippen molar-refractivity contribution >= 4 is 5.84 Å². The van der Waals surface area contributed by atoms with E-state index in [-0.39, 0.29) is 0 Å². The van der Waals surface area contributed by atoms with E-state index in [0.29, 0.717) is 6.67 Å². The minimum atomic E-state index is 0.566. The summed E-state index contributed by atoms with van der Waals surface area (Å²) in [6.07, 6.45) is 3.67. The van der Waals surface area contributed by atoms with Gasteiger partial charge < -0.3 is 10.6 Å². The lowest BCUT2D eigenvalue weighted by Crippen LogP contribution is -2.25. The van der Waals surface area contributed by atoms with E-state index in [9.17, 15) is 0 Å². The van der Waals surface area contributed by atoms with Crippen LogP contribution in [-0.2, 0) is 0 Å². The molecule has 0 aromatic heterocycles. The van der Waals surface area contributed by atoms with E-state index in [0.717, 1.165) is 18.0 Å². The summed E-state index contributed by atoms with van der Waals surface area (Å²) < 4.78 is 0. The van der Waals surface area contributed by atoms with Gasteiger partial charge in [-0.2, -0.15) is 0 Å². The number of aliphatic imine (C=N–C) groups is 1. The molecule has 0 rings (SSSR count). The van der Waals surface area contributed by atoms with Crippen molar-refractivity contribution in [3.05, 3.63) is 24.4 Å². The molecule has 13 heavy (non-hydrogen) atoms. The molecule has 0 atom stereocenters. The fourth-order valence-corrected chi connectivity index (χ4v) is 0.813. The predicted octanol–water partition coefficient (Wildman–Crippen LogP) is 1.65. The van der Waals surface area contributed by atoms with Crippen LogP contribution in [0, 0.1) is 0 Å². The van der Waals surface area contributed by atoms with Crippen LogP contribution in [-0.4, -0.2) is 19.0 Å². The molecule has 0 aliphatic rings. The molecule has 0 aromatic rings. The molecule has 0 unspecified atom stereocenters. The fraction of sp³-hybridized carbons (Fsp3) is 0.500. The molecule has 0 fully saturated rings. The second-order valence-electron chi connectivity index (χ2n) is 2.58. The normalized spacial score (nSPS) is 12.5. The van der Waals surface area contributed by atoms with Gasteiger partial charge in [0.05, 0.1) is 0 Å². The number of allylic oxidation sites excluding steroid dienone is 1. The number of hydrogen-bond acceptors (Lipinski definition) is 2. The minimum absolute atomic E-state index is 0.566. The maximum Gasteiger partial charge on any atom is 0.125 e. The summed E-state index contributed by atoms with van der Waals surface area (Å²) in [5, 5.41) is 6.12. The van der Waals surface area contributed by atoms with Crippen molar-refractivity contribution in [1.29, 1.82) is 0 Å². The molecule has 0 aliphatic carbocycles. The molecule has 0 saturated carbocycles. The Hall–Kier alpha value is -1.25. The van der Waals surface area contributed by atoms with Gasteiger partial charge in [0.25, 0.3) is 0 Å². The third-order valence-electron chi connectivity index (χ3n) is 1.62. The summed E-state index contributed by atoms with van der Waals surface area (Å²) >= 11 is 0. The third-order valence-corrected chi connectivity index (χ3v) is 1.62. The van der Waals surface area contributed by atoms with Crippen molar-refractivity contribution in [2.24, 2.45) is 4.99 Å². The Balaban J connectivity index is 4.22. The summed E-state index contributed by atoms with van der Waals surface area (Å²) in [4.78, 5) is 4.33. The van der Waals surface area contributed by atoms with Crippen molar-refractivity contribution in [2.45, 2.75) is 20.8 Å². The lowest BCUT2D eigenvalue weighted by molar-refractivity contribution is 0.863. The molecule has 0 radical (unpaired) electrons. The van der Waals surface area contributed by atoms with Crippen LogP contribution in [0.5, 0.6) is 0 Å². The summed E-state index contributed by atoms with van der Waals surface area (Å²) in [5.74, 6) is 0.944. The number of rotatable bonds is 5. The number of nitrogens with zero attached hydrogens (tertiary/aromatic N) is 1. The van der Waals surface area contributed by atoms with Gasteiger partial charge in [0.15, 0.2) is 0 Å². The largest absolute Gasteiger partial charge is 0.373 e. The zero-order valence-corrected chi connectivity index (χ0v) is 8.72. The molecule has 0 spiro atoms. The Morgan fingerprint density at radius 1 is 1.54 bits per heavy atom. The van der Waals surface area contributed by atoms with Gasteiger partial charge in [-0.3, -0.25) is 0 Å². The second-order valence-corrected chi connectivity index (χ2v) is 2.58. The maximum atomic E-state index is 4.33. The SMILES string of the molecule is C=CNC/N=C(NCC)\C(C)=C/C. The van der Waals surface area contributed by atoms with Crippen molar-refractivity contribution < 1.29 is 0 Å². The highest BCUT2D eigenvalue weighted by molar-refractivity contribution is 5.97. The summed E-state index contributed by atoms with van der Waals surface area (Å²) in [6.45, 7) is 11.1. The number of hydrogen-bond donors (Lipinski definition) is 2. The monoisotopic (exact) mass is 181 g/mol. The molecule has 0 aromatic carbocycles. The van der Waals surface area contributed by atoms with Gasteiger partial charge in [-0.1, -0.05) is 12.7 Å². The Morgan fingerprint density at radius 3 is 2.69 bits per heavy atom. The highest BCUT2D eigenvalue weighted by Gasteiger charge is 1.96. The first-order valence-corrected chi connectivity index (χ1v) is 4.52. The Morgan fingerprint density at radius 2 is 2.23 bits per heavy atom. The number of amidine groups is 1. The molecule has 0 saturated heterocycles. The third kappa shape index (κ3) is 5.06. The molecular formula is C10H19N3. The van der Waals surface area contributed by atoms with Crippen LogP contribution in [0.15, 0.2) is 29.4 Å². The molecule has 0 amide bonds. The van der Waals surface area contributed by atoms with Crippen LogP contribution < -0.4 is 10.6 Å². The first kappa shape index (κ1) is 11.8. The predicted molar refractivity (Wildman–Crippen MR) is 58.7 cm³/mol. The second kappa shape index (κ2) is 7.40. The standard InChI is InChI=1S/C10H19N3/c1-5-9(4)10(12-7-3)13-8-11-6-2/h5-6,11H,2,7-8H2,1,3-4H3,(H,12,13)/b9-5-. The van der Waals surface area contributed by atoms with Gasteiger partial charge >= 0.3 is 0 Å². The maximum absolute atomic E-state index is 4.33. The molecular weight excluding hydrogens is 162 g/mol. The Kier molecular flexibility index (Phi) is 6.69. The van der Waals surface area contributed by atoms with Gasteiger partial charge in [-0.05, 0) is 32.5 Å². The van der Waals surface area contributed by atoms with Crippen molar-refractivity contribution in [2.75, 3.05) is 13.2 Å². The summed E-state index contributed by atoms with van der Waals surface area (Å²) in [6, 6.07) is 0. The minimum Gasteiger partial charge on any atom is -0.373 e. The lowest BCUT2D eigenvalue weighted by Gasteiger charge is -2.07. The van der Waals surface area contributed by atoms with Crippen LogP contribution in [0.4, 0.5) is 0 Å². The molecule has 0 aliphatic heterocycles. The highest BCUT2D eigenvalue weighted by atomic mass is 15.1. The molecule has 0 heterocycles. The first-order valence-electron chi connectivity index (χ1n) is 4.52. The van der Waals surface area contributed by atoms with E-state index in [1.165, 1.54) is 0 Å². The van der Waals surface area contributed by atoms with E-state index in [1.54, 1.807) is 6.20 Å². The topological polar surface area (TPSA) is 36.4 Å². The van der Waals surface area contributed by atoms with Gasteiger partial charge in [0, 0.05) is 6.54 Å². The van der Waals surface area contributed by atoms with Crippen LogP contribution in [0.25, 0.3) is 0 Å². The molecule has 2 N–H and O–H groups in total. The fourth-order valence-electron chi connectivity index (χ4n) is 0.813. The van der Waals surface area contributed by atoms with E-state index in [4.69, 9.17) is 0 Å². The van der Waals surface area contributed by atoms with E-state index in [1.807, 2.05) is 19.9 Å². The van der Waals surface area contributed by atoms with E-state index < -0.39 is 0 Å². The zero-order chi connectivity index (χ0) is 10.1. The number of likely N-dealkylation sites (N-methyl/N-ethyl adjacent to an activating group) is 1. The number of nitrogens with one attached hydrogen (secondary N) is 2. The van der Waals surface area contributed by atoms with Gasteiger partial charge in [0.2, 0.25) is 0 Å².